The lowest BCUT2D eigenvalue weighted by Gasteiger charge is -2.34. The van der Waals surface area contributed by atoms with Crippen molar-refractivity contribution in [1.82, 2.24) is 0 Å². The van der Waals surface area contributed by atoms with Crippen LogP contribution in [0.15, 0.2) is 30.3 Å². The SMILES string of the molecule is O=C1CCCCCC1C1(c2ccccc2)OCCO1. The maximum absolute atomic E-state index is 12.4. The number of ether oxygens (including phenoxy) is 2. The van der Waals surface area contributed by atoms with Crippen LogP contribution in [0.3, 0.4) is 0 Å². The third kappa shape index (κ3) is 2.33. The zero-order chi connectivity index (χ0) is 13.1. The largest absolute Gasteiger partial charge is 0.343 e. The van der Waals surface area contributed by atoms with Gasteiger partial charge in [-0.2, -0.15) is 0 Å². The topological polar surface area (TPSA) is 35.5 Å². The van der Waals surface area contributed by atoms with Crippen molar-refractivity contribution in [2.45, 2.75) is 37.9 Å². The summed E-state index contributed by atoms with van der Waals surface area (Å²) >= 11 is 0. The van der Waals surface area contributed by atoms with E-state index in [0.29, 0.717) is 25.4 Å². The molecule has 3 heteroatoms. The zero-order valence-corrected chi connectivity index (χ0v) is 11.1. The van der Waals surface area contributed by atoms with Crippen LogP contribution in [0.5, 0.6) is 0 Å². The molecule has 1 unspecified atom stereocenters. The lowest BCUT2D eigenvalue weighted by molar-refractivity contribution is -0.206. The number of carbonyl (C=O) groups excluding carboxylic acids is 1. The minimum atomic E-state index is -0.831. The lowest BCUT2D eigenvalue weighted by atomic mass is 9.85. The highest BCUT2D eigenvalue weighted by atomic mass is 16.7. The zero-order valence-electron chi connectivity index (χ0n) is 11.1. The van der Waals surface area contributed by atoms with Crippen molar-refractivity contribution in [1.29, 1.82) is 0 Å². The van der Waals surface area contributed by atoms with Gasteiger partial charge in [-0.15, -0.1) is 0 Å². The fraction of sp³-hybridized carbons (Fsp3) is 0.562. The smallest absolute Gasteiger partial charge is 0.204 e. The first-order valence-corrected chi connectivity index (χ1v) is 7.19. The number of hydrogen-bond acceptors (Lipinski definition) is 3. The Morgan fingerprint density at radius 2 is 1.74 bits per heavy atom. The normalized spacial score (nSPS) is 27.2. The van der Waals surface area contributed by atoms with Crippen LogP contribution >= 0.6 is 0 Å². The molecule has 1 aromatic rings. The van der Waals surface area contributed by atoms with Gasteiger partial charge in [0.05, 0.1) is 19.1 Å². The maximum Gasteiger partial charge on any atom is 0.204 e. The molecule has 0 bridgehead atoms. The second kappa shape index (κ2) is 5.43. The number of hydrogen-bond donors (Lipinski definition) is 0. The van der Waals surface area contributed by atoms with Gasteiger partial charge in [0.2, 0.25) is 5.79 Å². The molecule has 0 aromatic heterocycles. The van der Waals surface area contributed by atoms with E-state index in [2.05, 4.69) is 0 Å². The molecule has 0 amide bonds. The second-order valence-electron chi connectivity index (χ2n) is 5.35. The summed E-state index contributed by atoms with van der Waals surface area (Å²) in [7, 11) is 0. The van der Waals surface area contributed by atoms with E-state index in [0.717, 1.165) is 31.2 Å². The predicted octanol–water partition coefficient (Wildman–Crippen LogP) is 3.04. The van der Waals surface area contributed by atoms with E-state index in [1.165, 1.54) is 0 Å². The van der Waals surface area contributed by atoms with Crippen molar-refractivity contribution in [3.05, 3.63) is 35.9 Å². The van der Waals surface area contributed by atoms with Gasteiger partial charge in [-0.1, -0.05) is 43.2 Å². The molecule has 1 saturated heterocycles. The Bertz CT molecular complexity index is 435. The molecule has 1 aliphatic heterocycles. The number of benzene rings is 1. The van der Waals surface area contributed by atoms with Gasteiger partial charge in [0.15, 0.2) is 0 Å². The molecule has 1 saturated carbocycles. The molecule has 3 rings (SSSR count). The van der Waals surface area contributed by atoms with E-state index >= 15 is 0 Å². The Balaban J connectivity index is 1.98. The van der Waals surface area contributed by atoms with Crippen LogP contribution in [-0.4, -0.2) is 19.0 Å². The molecule has 2 aliphatic rings. The third-order valence-electron chi connectivity index (χ3n) is 4.16. The summed E-state index contributed by atoms with van der Waals surface area (Å²) in [4.78, 5) is 12.4. The van der Waals surface area contributed by atoms with E-state index in [-0.39, 0.29) is 5.92 Å². The van der Waals surface area contributed by atoms with Crippen LogP contribution in [0.2, 0.25) is 0 Å². The van der Waals surface area contributed by atoms with Crippen LogP contribution < -0.4 is 0 Å². The Kier molecular flexibility index (Phi) is 3.67. The monoisotopic (exact) mass is 260 g/mol. The van der Waals surface area contributed by atoms with Crippen LogP contribution in [0, 0.1) is 5.92 Å². The first-order valence-electron chi connectivity index (χ1n) is 7.19. The summed E-state index contributed by atoms with van der Waals surface area (Å²) in [5.74, 6) is -0.689. The highest BCUT2D eigenvalue weighted by Crippen LogP contribution is 2.43. The standard InChI is InChI=1S/C16H20O3/c17-15-10-6-2-5-9-14(15)16(18-11-12-19-16)13-7-3-1-4-8-13/h1,3-4,7-8,14H,2,5-6,9-12H2. The quantitative estimate of drug-likeness (QED) is 0.767. The summed E-state index contributed by atoms with van der Waals surface area (Å²) in [6.45, 7) is 1.14. The molecule has 3 nitrogen and oxygen atoms in total. The van der Waals surface area contributed by atoms with Crippen molar-refractivity contribution in [3.63, 3.8) is 0 Å². The fourth-order valence-electron chi connectivity index (χ4n) is 3.23. The van der Waals surface area contributed by atoms with Crippen LogP contribution in [-0.2, 0) is 20.1 Å². The van der Waals surface area contributed by atoms with Gasteiger partial charge >= 0.3 is 0 Å². The summed E-state index contributed by atoms with van der Waals surface area (Å²) in [6, 6.07) is 9.93. The summed E-state index contributed by atoms with van der Waals surface area (Å²) in [6.07, 6.45) is 4.74. The molecule has 0 radical (unpaired) electrons. The Morgan fingerprint density at radius 3 is 2.47 bits per heavy atom. The molecule has 1 aromatic carbocycles. The Labute approximate surface area is 113 Å². The predicted molar refractivity (Wildman–Crippen MR) is 71.6 cm³/mol. The highest BCUT2D eigenvalue weighted by Gasteiger charge is 2.49. The van der Waals surface area contributed by atoms with Gasteiger partial charge in [0.25, 0.3) is 0 Å². The summed E-state index contributed by atoms with van der Waals surface area (Å²) < 4.78 is 11.9. The van der Waals surface area contributed by atoms with Crippen LogP contribution in [0.25, 0.3) is 0 Å². The molecule has 1 atom stereocenters. The number of carbonyl (C=O) groups is 1. The van der Waals surface area contributed by atoms with E-state index in [4.69, 9.17) is 9.47 Å². The highest BCUT2D eigenvalue weighted by molar-refractivity contribution is 5.82. The van der Waals surface area contributed by atoms with Crippen molar-refractivity contribution in [3.8, 4) is 0 Å². The van der Waals surface area contributed by atoms with Gasteiger partial charge in [0.1, 0.15) is 5.78 Å². The van der Waals surface area contributed by atoms with Gasteiger partial charge in [-0.05, 0) is 12.8 Å². The first-order chi connectivity index (χ1) is 9.33. The Morgan fingerprint density at radius 1 is 1.00 bits per heavy atom. The van der Waals surface area contributed by atoms with Crippen molar-refractivity contribution in [2.75, 3.05) is 13.2 Å². The average Bonchev–Trinajstić information content (AvgIpc) is 2.84. The molecule has 1 aliphatic carbocycles. The van der Waals surface area contributed by atoms with Crippen LogP contribution in [0.4, 0.5) is 0 Å². The summed E-state index contributed by atoms with van der Waals surface area (Å²) in [5.41, 5.74) is 0.979. The minimum Gasteiger partial charge on any atom is -0.343 e. The number of ketones is 1. The van der Waals surface area contributed by atoms with Gasteiger partial charge in [-0.3, -0.25) is 4.79 Å². The van der Waals surface area contributed by atoms with Crippen LogP contribution in [0.1, 0.15) is 37.7 Å². The minimum absolute atomic E-state index is 0.153. The molecule has 19 heavy (non-hydrogen) atoms. The van der Waals surface area contributed by atoms with Crippen molar-refractivity contribution in [2.24, 2.45) is 5.92 Å². The molecule has 1 heterocycles. The third-order valence-corrected chi connectivity index (χ3v) is 4.16. The van der Waals surface area contributed by atoms with Crippen molar-refractivity contribution < 1.29 is 14.3 Å². The molecular weight excluding hydrogens is 240 g/mol. The van der Waals surface area contributed by atoms with Crippen molar-refractivity contribution >= 4 is 5.78 Å². The number of rotatable bonds is 2. The average molecular weight is 260 g/mol. The van der Waals surface area contributed by atoms with Gasteiger partial charge in [-0.25, -0.2) is 0 Å². The maximum atomic E-state index is 12.4. The van der Waals surface area contributed by atoms with Gasteiger partial charge in [0, 0.05) is 12.0 Å². The van der Waals surface area contributed by atoms with Gasteiger partial charge < -0.3 is 9.47 Å². The molecule has 0 N–H and O–H groups in total. The second-order valence-corrected chi connectivity index (χ2v) is 5.35. The number of Topliss-reactive ketones (excluding diaryl/α,β-unsaturated/α-hetero) is 1. The van der Waals surface area contributed by atoms with E-state index in [1.807, 2.05) is 30.3 Å². The van der Waals surface area contributed by atoms with E-state index < -0.39 is 5.79 Å². The molecule has 0 spiro atoms. The Hall–Kier alpha value is -1.19. The fourth-order valence-corrected chi connectivity index (χ4v) is 3.23. The molecule has 2 fully saturated rings. The van der Waals surface area contributed by atoms with E-state index in [9.17, 15) is 4.79 Å². The lowest BCUT2D eigenvalue weighted by Crippen LogP contribution is -2.40. The van der Waals surface area contributed by atoms with E-state index in [1.54, 1.807) is 0 Å². The first kappa shape index (κ1) is 12.8. The summed E-state index contributed by atoms with van der Waals surface area (Å²) in [5, 5.41) is 0. The molecular formula is C16H20O3. The molecule has 102 valence electrons.